The average molecular weight is 711 g/mol. The first-order valence-corrected chi connectivity index (χ1v) is 18.8. The summed E-state index contributed by atoms with van der Waals surface area (Å²) < 4.78 is 2.21. The lowest BCUT2D eigenvalue weighted by molar-refractivity contribution is 0.0635. The molecule has 1 atom stereocenters. The topological polar surface area (TPSA) is 74.6 Å². The first-order chi connectivity index (χ1) is 26.5. The highest BCUT2D eigenvalue weighted by Crippen LogP contribution is 2.45. The van der Waals surface area contributed by atoms with Crippen LogP contribution in [0.4, 0.5) is 5.69 Å². The molecule has 1 unspecified atom stereocenters. The van der Waals surface area contributed by atoms with E-state index in [1.165, 1.54) is 16.0 Å². The molecular weight excluding hydrogens is 669 g/mol. The zero-order chi connectivity index (χ0) is 36.6. The molecule has 8 heteroatoms. The van der Waals surface area contributed by atoms with Crippen molar-refractivity contribution in [3.63, 3.8) is 0 Å². The van der Waals surface area contributed by atoms with Gasteiger partial charge in [-0.2, -0.15) is 5.10 Å². The summed E-state index contributed by atoms with van der Waals surface area (Å²) in [5.74, 6) is -0.232. The van der Waals surface area contributed by atoms with E-state index in [-0.39, 0.29) is 17.7 Å². The van der Waals surface area contributed by atoms with Gasteiger partial charge in [-0.3, -0.25) is 29.1 Å². The summed E-state index contributed by atoms with van der Waals surface area (Å²) in [4.78, 5) is 36.7. The minimum atomic E-state index is -0.560. The van der Waals surface area contributed by atoms with E-state index in [4.69, 9.17) is 10.1 Å². The Morgan fingerprint density at radius 2 is 1.39 bits per heavy atom. The number of fused-ring (bicyclic) bond motifs is 2. The third-order valence-electron chi connectivity index (χ3n) is 11.5. The molecule has 6 aromatic rings. The molecule has 0 N–H and O–H groups in total. The molecule has 0 radical (unpaired) electrons. The molecule has 1 fully saturated rings. The number of rotatable bonds is 9. The highest BCUT2D eigenvalue weighted by Gasteiger charge is 2.44. The molecule has 2 aromatic heterocycles. The Hall–Kier alpha value is -6.12. The van der Waals surface area contributed by atoms with Crippen LogP contribution in [0.3, 0.4) is 0 Å². The number of anilines is 1. The fourth-order valence-corrected chi connectivity index (χ4v) is 8.70. The van der Waals surface area contributed by atoms with Crippen molar-refractivity contribution in [2.75, 3.05) is 44.2 Å². The standard InChI is InChI=1S/C46H42N6O2/c1-33-41(32-52(48-33)46(35-13-5-2-6-14-35,36-15-7-3-8-16-36)37-17-9-4-10-18-37)34-21-22-42-40(31-34)43(23-24-47-42)50-28-25-49(26-29-50)27-30-51-44(53)38-19-11-12-20-39(38)45(51)54/h2-17,19-24,31-32,37H,18,25-30H2,1H3. The molecule has 268 valence electrons. The van der Waals surface area contributed by atoms with Crippen molar-refractivity contribution in [2.45, 2.75) is 18.9 Å². The maximum Gasteiger partial charge on any atom is 0.261 e. The van der Waals surface area contributed by atoms with Crippen LogP contribution in [0, 0.1) is 12.8 Å². The van der Waals surface area contributed by atoms with Crippen LogP contribution in [0.2, 0.25) is 0 Å². The number of carbonyl (C=O) groups is 2. The number of nitrogens with zero attached hydrogens (tertiary/aromatic N) is 6. The van der Waals surface area contributed by atoms with Gasteiger partial charge in [0.05, 0.1) is 22.3 Å². The molecule has 1 aliphatic carbocycles. The molecule has 2 aliphatic heterocycles. The molecule has 2 amide bonds. The second-order valence-corrected chi connectivity index (χ2v) is 14.4. The highest BCUT2D eigenvalue weighted by molar-refractivity contribution is 6.21. The van der Waals surface area contributed by atoms with Crippen molar-refractivity contribution in [1.82, 2.24) is 24.6 Å². The predicted octanol–water partition coefficient (Wildman–Crippen LogP) is 7.75. The fourth-order valence-electron chi connectivity index (χ4n) is 8.70. The second-order valence-electron chi connectivity index (χ2n) is 14.4. The number of benzene rings is 4. The monoisotopic (exact) mass is 710 g/mol. The van der Waals surface area contributed by atoms with Crippen LogP contribution in [0.5, 0.6) is 0 Å². The summed E-state index contributed by atoms with van der Waals surface area (Å²) in [5.41, 5.74) is 8.13. The Morgan fingerprint density at radius 1 is 0.722 bits per heavy atom. The van der Waals surface area contributed by atoms with Gasteiger partial charge in [-0.25, -0.2) is 0 Å². The van der Waals surface area contributed by atoms with Gasteiger partial charge in [-0.15, -0.1) is 0 Å². The summed E-state index contributed by atoms with van der Waals surface area (Å²) in [6.07, 6.45) is 13.9. The van der Waals surface area contributed by atoms with Crippen molar-refractivity contribution in [1.29, 1.82) is 0 Å². The number of hydrogen-bond donors (Lipinski definition) is 0. The van der Waals surface area contributed by atoms with Crippen LogP contribution in [-0.4, -0.2) is 75.6 Å². The number of pyridine rings is 1. The van der Waals surface area contributed by atoms with Crippen LogP contribution >= 0.6 is 0 Å². The van der Waals surface area contributed by atoms with E-state index >= 15 is 0 Å². The van der Waals surface area contributed by atoms with Crippen molar-refractivity contribution in [3.05, 3.63) is 174 Å². The first kappa shape index (κ1) is 33.7. The lowest BCUT2D eigenvalue weighted by atomic mass is 9.70. The Bertz CT molecular complexity index is 2330. The minimum absolute atomic E-state index is 0.151. The van der Waals surface area contributed by atoms with Gasteiger partial charge < -0.3 is 4.90 Å². The highest BCUT2D eigenvalue weighted by atomic mass is 16.2. The van der Waals surface area contributed by atoms with E-state index in [0.717, 1.165) is 66.0 Å². The summed E-state index contributed by atoms with van der Waals surface area (Å²) in [6.45, 7) is 6.51. The van der Waals surface area contributed by atoms with E-state index in [1.54, 1.807) is 12.1 Å². The van der Waals surface area contributed by atoms with Crippen LogP contribution in [0.1, 0.15) is 44.0 Å². The van der Waals surface area contributed by atoms with Crippen molar-refractivity contribution < 1.29 is 9.59 Å². The Morgan fingerprint density at radius 3 is 2.04 bits per heavy atom. The molecule has 0 bridgehead atoms. The van der Waals surface area contributed by atoms with Crippen LogP contribution in [-0.2, 0) is 5.54 Å². The molecule has 0 saturated carbocycles. The zero-order valence-corrected chi connectivity index (χ0v) is 30.4. The van der Waals surface area contributed by atoms with E-state index in [9.17, 15) is 9.59 Å². The largest absolute Gasteiger partial charge is 0.368 e. The Labute approximate surface area is 315 Å². The molecular formula is C46H42N6O2. The molecule has 0 spiro atoms. The van der Waals surface area contributed by atoms with Crippen LogP contribution < -0.4 is 4.90 Å². The molecule has 3 aliphatic rings. The third-order valence-corrected chi connectivity index (χ3v) is 11.5. The van der Waals surface area contributed by atoms with Gasteiger partial charge in [0.1, 0.15) is 5.54 Å². The molecule has 4 heterocycles. The maximum absolute atomic E-state index is 12.9. The lowest BCUT2D eigenvalue weighted by Gasteiger charge is -2.41. The number of aromatic nitrogens is 3. The number of amides is 2. The number of imide groups is 1. The van der Waals surface area contributed by atoms with Crippen molar-refractivity contribution >= 4 is 28.4 Å². The SMILES string of the molecule is Cc1nn(C(c2ccccc2)(c2ccccc2)C2C=CC=CC2)cc1-c1ccc2nccc(N3CCN(CCN4C(=O)c5ccccc5C4=O)CC3)c2c1. The number of aryl methyl sites for hydroxylation is 1. The van der Waals surface area contributed by atoms with Gasteiger partial charge in [0, 0.05) is 74.2 Å². The molecule has 54 heavy (non-hydrogen) atoms. The number of piperazine rings is 1. The minimum Gasteiger partial charge on any atom is -0.368 e. The fraction of sp³-hybridized carbons (Fsp3) is 0.217. The van der Waals surface area contributed by atoms with Gasteiger partial charge in [0.25, 0.3) is 11.8 Å². The van der Waals surface area contributed by atoms with Gasteiger partial charge >= 0.3 is 0 Å². The van der Waals surface area contributed by atoms with Gasteiger partial charge in [-0.1, -0.05) is 103 Å². The van der Waals surface area contributed by atoms with Crippen LogP contribution in [0.25, 0.3) is 22.0 Å². The molecule has 9 rings (SSSR count). The van der Waals surface area contributed by atoms with E-state index in [2.05, 4.69) is 137 Å². The second kappa shape index (κ2) is 14.0. The predicted molar refractivity (Wildman–Crippen MR) is 214 cm³/mol. The molecule has 1 saturated heterocycles. The number of carbonyl (C=O) groups excluding carboxylic acids is 2. The van der Waals surface area contributed by atoms with Gasteiger partial charge in [0.2, 0.25) is 0 Å². The van der Waals surface area contributed by atoms with E-state index < -0.39 is 5.54 Å². The lowest BCUT2D eigenvalue weighted by Crippen LogP contribution is -2.49. The van der Waals surface area contributed by atoms with Crippen LogP contribution in [0.15, 0.2) is 146 Å². The summed E-state index contributed by atoms with van der Waals surface area (Å²) in [7, 11) is 0. The number of hydrogen-bond acceptors (Lipinski definition) is 6. The first-order valence-electron chi connectivity index (χ1n) is 18.8. The molecule has 4 aromatic carbocycles. The quantitative estimate of drug-likeness (QED) is 0.143. The number of allylic oxidation sites excluding steroid dienone is 4. The average Bonchev–Trinajstić information content (AvgIpc) is 3.74. The van der Waals surface area contributed by atoms with Crippen molar-refractivity contribution in [2.24, 2.45) is 5.92 Å². The molecule has 8 nitrogen and oxygen atoms in total. The maximum atomic E-state index is 12.9. The van der Waals surface area contributed by atoms with E-state index in [1.807, 2.05) is 18.3 Å². The van der Waals surface area contributed by atoms with Crippen molar-refractivity contribution in [3.8, 4) is 11.1 Å². The smallest absolute Gasteiger partial charge is 0.261 e. The van der Waals surface area contributed by atoms with E-state index in [0.29, 0.717) is 24.2 Å². The normalized spacial score (nSPS) is 17.5. The zero-order valence-electron chi connectivity index (χ0n) is 30.4. The summed E-state index contributed by atoms with van der Waals surface area (Å²) in [5, 5.41) is 6.45. The third kappa shape index (κ3) is 5.74. The van der Waals surface area contributed by atoms with Gasteiger partial charge in [0.15, 0.2) is 0 Å². The Balaban J connectivity index is 1.00. The summed E-state index contributed by atoms with van der Waals surface area (Å²) in [6, 6.07) is 37.4. The van der Waals surface area contributed by atoms with Gasteiger partial charge in [-0.05, 0) is 60.4 Å². The summed E-state index contributed by atoms with van der Waals surface area (Å²) >= 11 is 0. The Kier molecular flexibility index (Phi) is 8.75.